The Balaban J connectivity index is 1.71. The zero-order valence-corrected chi connectivity index (χ0v) is 19.7. The molecule has 12 heteroatoms. The van der Waals surface area contributed by atoms with Crippen LogP contribution in [0.1, 0.15) is 34.4 Å². The van der Waals surface area contributed by atoms with Gasteiger partial charge < -0.3 is 24.8 Å². The van der Waals surface area contributed by atoms with Crippen LogP contribution < -0.4 is 24.8 Å². The maximum absolute atomic E-state index is 14.0. The molecule has 3 aromatic rings. The van der Waals surface area contributed by atoms with E-state index in [0.29, 0.717) is 11.3 Å². The molecule has 4 rings (SSSR count). The predicted molar refractivity (Wildman–Crippen MR) is 124 cm³/mol. The largest absolute Gasteiger partial charge is 0.497 e. The summed E-state index contributed by atoms with van der Waals surface area (Å²) in [5.41, 5.74) is 0.746. The van der Waals surface area contributed by atoms with Gasteiger partial charge in [-0.15, -0.1) is 0 Å². The highest BCUT2D eigenvalue weighted by Gasteiger charge is 2.47. The Morgan fingerprint density at radius 2 is 1.89 bits per heavy atom. The number of amides is 1. The molecule has 2 atom stereocenters. The number of benzene rings is 2. The Kier molecular flexibility index (Phi) is 6.70. The minimum Gasteiger partial charge on any atom is -0.497 e. The van der Waals surface area contributed by atoms with E-state index in [0.717, 1.165) is 10.9 Å². The molecule has 2 heterocycles. The van der Waals surface area contributed by atoms with Crippen molar-refractivity contribution in [3.63, 3.8) is 0 Å². The fourth-order valence-electron chi connectivity index (χ4n) is 3.95. The molecule has 8 nitrogen and oxygen atoms in total. The van der Waals surface area contributed by atoms with Crippen molar-refractivity contribution in [3.8, 4) is 17.2 Å². The predicted octanol–water partition coefficient (Wildman–Crippen LogP) is 5.47. The molecule has 0 bridgehead atoms. The van der Waals surface area contributed by atoms with Crippen molar-refractivity contribution >= 4 is 29.0 Å². The van der Waals surface area contributed by atoms with Gasteiger partial charge in [0, 0.05) is 18.6 Å². The fourth-order valence-corrected chi connectivity index (χ4v) is 4.18. The maximum Gasteiger partial charge on any atom is 0.410 e. The summed E-state index contributed by atoms with van der Waals surface area (Å²) in [7, 11) is 4.28. The number of fused-ring (bicyclic) bond motifs is 1. The van der Waals surface area contributed by atoms with Crippen LogP contribution in [-0.2, 0) is 0 Å². The first-order valence-electron chi connectivity index (χ1n) is 10.4. The molecule has 1 aliphatic heterocycles. The summed E-state index contributed by atoms with van der Waals surface area (Å²) >= 11 is 6.11. The number of methoxy groups -OCH3 is 3. The topological polar surface area (TPSA) is 86.6 Å². The van der Waals surface area contributed by atoms with Gasteiger partial charge in [0.1, 0.15) is 28.6 Å². The molecule has 2 aromatic carbocycles. The van der Waals surface area contributed by atoms with Gasteiger partial charge in [-0.25, -0.2) is 4.68 Å². The van der Waals surface area contributed by atoms with Crippen molar-refractivity contribution in [1.82, 2.24) is 9.78 Å². The van der Waals surface area contributed by atoms with Crippen LogP contribution in [0.4, 0.5) is 24.7 Å². The Bertz CT molecular complexity index is 1250. The van der Waals surface area contributed by atoms with Gasteiger partial charge in [0.25, 0.3) is 5.91 Å². The molecule has 0 saturated carbocycles. The zero-order chi connectivity index (χ0) is 25.3. The van der Waals surface area contributed by atoms with E-state index in [1.165, 1.54) is 33.5 Å². The van der Waals surface area contributed by atoms with Crippen LogP contribution in [0.2, 0.25) is 5.02 Å². The second-order valence-corrected chi connectivity index (χ2v) is 8.17. The minimum atomic E-state index is -4.58. The lowest BCUT2D eigenvalue weighted by Gasteiger charge is -2.34. The summed E-state index contributed by atoms with van der Waals surface area (Å²) < 4.78 is 58.4. The number of hydrogen-bond acceptors (Lipinski definition) is 6. The summed E-state index contributed by atoms with van der Waals surface area (Å²) in [5, 5.41) is 9.85. The molecule has 186 valence electrons. The lowest BCUT2D eigenvalue weighted by molar-refractivity contribution is -0.173. The second-order valence-electron chi connectivity index (χ2n) is 7.76. The fraction of sp³-hybridized carbons (Fsp3) is 0.304. The highest BCUT2D eigenvalue weighted by atomic mass is 35.5. The van der Waals surface area contributed by atoms with Gasteiger partial charge in [0.15, 0.2) is 6.04 Å². The van der Waals surface area contributed by atoms with E-state index in [-0.39, 0.29) is 40.0 Å². The van der Waals surface area contributed by atoms with Gasteiger partial charge in [0.05, 0.1) is 44.3 Å². The van der Waals surface area contributed by atoms with E-state index in [1.54, 1.807) is 24.3 Å². The molecule has 0 spiro atoms. The van der Waals surface area contributed by atoms with Crippen molar-refractivity contribution in [3.05, 3.63) is 58.7 Å². The van der Waals surface area contributed by atoms with Crippen molar-refractivity contribution in [2.45, 2.75) is 24.7 Å². The molecule has 0 unspecified atom stereocenters. The molecule has 1 amide bonds. The van der Waals surface area contributed by atoms with Gasteiger partial charge in [-0.3, -0.25) is 4.79 Å². The number of aromatic nitrogens is 2. The number of nitrogens with zero attached hydrogens (tertiary/aromatic N) is 2. The Morgan fingerprint density at radius 3 is 2.54 bits per heavy atom. The van der Waals surface area contributed by atoms with Gasteiger partial charge in [0.2, 0.25) is 0 Å². The quantitative estimate of drug-likeness (QED) is 0.457. The lowest BCUT2D eigenvalue weighted by Crippen LogP contribution is -2.36. The highest BCUT2D eigenvalue weighted by molar-refractivity contribution is 6.32. The van der Waals surface area contributed by atoms with Gasteiger partial charge >= 0.3 is 6.18 Å². The molecule has 1 aromatic heterocycles. The van der Waals surface area contributed by atoms with Gasteiger partial charge in [-0.1, -0.05) is 23.7 Å². The second kappa shape index (κ2) is 9.57. The molecule has 2 N–H and O–H groups in total. The van der Waals surface area contributed by atoms with E-state index in [1.807, 2.05) is 0 Å². The van der Waals surface area contributed by atoms with E-state index < -0.39 is 24.2 Å². The molecule has 0 aliphatic carbocycles. The molecule has 0 saturated heterocycles. The van der Waals surface area contributed by atoms with E-state index in [2.05, 4.69) is 15.7 Å². The highest BCUT2D eigenvalue weighted by Crippen LogP contribution is 2.45. The Morgan fingerprint density at radius 1 is 1.14 bits per heavy atom. The first-order valence-corrected chi connectivity index (χ1v) is 10.8. The first-order chi connectivity index (χ1) is 16.7. The number of alkyl halides is 3. The van der Waals surface area contributed by atoms with Crippen molar-refractivity contribution < 1.29 is 32.2 Å². The van der Waals surface area contributed by atoms with E-state index in [4.69, 9.17) is 25.8 Å². The third kappa shape index (κ3) is 4.81. The number of halogens is 4. The van der Waals surface area contributed by atoms with Crippen LogP contribution >= 0.6 is 11.6 Å². The number of rotatable bonds is 6. The summed E-state index contributed by atoms with van der Waals surface area (Å²) in [5.74, 6) is 0.305. The Hall–Kier alpha value is -3.60. The molecular weight excluding hydrogens is 489 g/mol. The number of carbonyl (C=O) groups is 1. The number of anilines is 2. The average molecular weight is 511 g/mol. The number of hydrogen-bond donors (Lipinski definition) is 2. The summed E-state index contributed by atoms with van der Waals surface area (Å²) in [6, 6.07) is 6.99. The van der Waals surface area contributed by atoms with Crippen LogP contribution in [0.5, 0.6) is 17.2 Å². The maximum atomic E-state index is 14.0. The smallest absolute Gasteiger partial charge is 0.410 e. The third-order valence-corrected chi connectivity index (χ3v) is 6.00. The molecule has 0 radical (unpaired) electrons. The monoisotopic (exact) mass is 510 g/mol. The van der Waals surface area contributed by atoms with Gasteiger partial charge in [-0.2, -0.15) is 18.3 Å². The minimum absolute atomic E-state index is 0.0520. The van der Waals surface area contributed by atoms with E-state index in [9.17, 15) is 18.0 Å². The normalized spacial score (nSPS) is 17.2. The lowest BCUT2D eigenvalue weighted by atomic mass is 9.96. The number of ether oxygens (including phenoxy) is 3. The Labute approximate surface area is 203 Å². The van der Waals surface area contributed by atoms with Crippen molar-refractivity contribution in [2.75, 3.05) is 32.0 Å². The summed E-state index contributed by atoms with van der Waals surface area (Å²) in [4.78, 5) is 13.2. The SMILES string of the molecule is COc1cccc([C@H]2C[C@@H](C(F)(F)F)n3ncc(C(=O)Nc4cc(OC)c(Cl)cc4OC)c3N2)c1. The summed E-state index contributed by atoms with van der Waals surface area (Å²) in [6.45, 7) is 0. The third-order valence-electron chi connectivity index (χ3n) is 5.70. The standard InChI is InChI=1S/C23H22ClF3N4O4/c1-33-13-6-4-5-12(7-13)16-10-20(23(25,26)27)31-21(29-16)14(11-28-31)22(32)30-17-9-18(34-2)15(24)8-19(17)35-3/h4-9,11,16,20,29H,10H2,1-3H3,(H,30,32)/t16-,20+/m1/s1. The van der Waals surface area contributed by atoms with Crippen LogP contribution in [0.15, 0.2) is 42.6 Å². The number of carbonyl (C=O) groups excluding carboxylic acids is 1. The van der Waals surface area contributed by atoms with Crippen LogP contribution in [0.3, 0.4) is 0 Å². The number of nitrogens with one attached hydrogen (secondary N) is 2. The molecule has 0 fully saturated rings. The molecular formula is C23H22ClF3N4O4. The van der Waals surface area contributed by atoms with Gasteiger partial charge in [-0.05, 0) is 17.7 Å². The zero-order valence-electron chi connectivity index (χ0n) is 18.9. The van der Waals surface area contributed by atoms with E-state index >= 15 is 0 Å². The van der Waals surface area contributed by atoms with Crippen molar-refractivity contribution in [2.24, 2.45) is 0 Å². The van der Waals surface area contributed by atoms with Crippen LogP contribution in [0.25, 0.3) is 0 Å². The van der Waals surface area contributed by atoms with Crippen molar-refractivity contribution in [1.29, 1.82) is 0 Å². The first kappa shape index (κ1) is 24.5. The van der Waals surface area contributed by atoms with Crippen LogP contribution in [-0.4, -0.2) is 43.2 Å². The summed E-state index contributed by atoms with van der Waals surface area (Å²) in [6.07, 6.45) is -3.79. The molecule has 1 aliphatic rings. The van der Waals surface area contributed by atoms with Crippen LogP contribution in [0, 0.1) is 0 Å². The molecule has 35 heavy (non-hydrogen) atoms. The average Bonchev–Trinajstić information content (AvgIpc) is 3.27.